The molecule has 9 nitrogen and oxygen atoms in total. The van der Waals surface area contributed by atoms with Gasteiger partial charge in [0.25, 0.3) is 5.91 Å². The SMILES string of the molecule is CC(=O)Oc1ccc(/C=C/C(=O)NC(Cc2ccccc2)C(=O)C(=O)NCc2ccccc2)cc1OC(C)=O. The van der Waals surface area contributed by atoms with Crippen LogP contribution in [-0.4, -0.2) is 35.6 Å². The number of amides is 2. The van der Waals surface area contributed by atoms with Crippen molar-refractivity contribution < 1.29 is 33.4 Å². The minimum absolute atomic E-state index is 0.00692. The summed E-state index contributed by atoms with van der Waals surface area (Å²) < 4.78 is 10.1. The maximum atomic E-state index is 13.0. The zero-order chi connectivity index (χ0) is 28.2. The van der Waals surface area contributed by atoms with Crippen LogP contribution in [0, 0.1) is 0 Å². The summed E-state index contributed by atoms with van der Waals surface area (Å²) in [6, 6.07) is 21.5. The zero-order valence-electron chi connectivity index (χ0n) is 21.5. The van der Waals surface area contributed by atoms with E-state index in [0.29, 0.717) is 5.56 Å². The smallest absolute Gasteiger partial charge is 0.308 e. The Morgan fingerprint density at radius 1 is 0.769 bits per heavy atom. The first-order valence-electron chi connectivity index (χ1n) is 12.1. The summed E-state index contributed by atoms with van der Waals surface area (Å²) in [5, 5.41) is 5.21. The van der Waals surface area contributed by atoms with Gasteiger partial charge in [-0.25, -0.2) is 0 Å². The molecule has 0 fully saturated rings. The molecule has 0 aliphatic heterocycles. The average Bonchev–Trinajstić information content (AvgIpc) is 2.91. The second-order valence-corrected chi connectivity index (χ2v) is 8.51. The molecule has 0 aromatic heterocycles. The van der Waals surface area contributed by atoms with Crippen LogP contribution in [0.25, 0.3) is 6.08 Å². The summed E-state index contributed by atoms with van der Waals surface area (Å²) in [5.41, 5.74) is 2.06. The van der Waals surface area contributed by atoms with Crippen molar-refractivity contribution in [1.29, 1.82) is 0 Å². The van der Waals surface area contributed by atoms with Crippen LogP contribution in [0.15, 0.2) is 84.9 Å². The molecular weight excluding hydrogens is 500 g/mol. The third-order valence-electron chi connectivity index (χ3n) is 5.34. The number of carbonyl (C=O) groups excluding carboxylic acids is 5. The Morgan fingerprint density at radius 2 is 1.36 bits per heavy atom. The molecule has 1 unspecified atom stereocenters. The zero-order valence-corrected chi connectivity index (χ0v) is 21.5. The fraction of sp³-hybridized carbons (Fsp3) is 0.167. The van der Waals surface area contributed by atoms with Gasteiger partial charge in [0.2, 0.25) is 11.7 Å². The van der Waals surface area contributed by atoms with Crippen LogP contribution in [-0.2, 0) is 36.9 Å². The molecule has 2 N–H and O–H groups in total. The van der Waals surface area contributed by atoms with E-state index in [-0.39, 0.29) is 24.5 Å². The van der Waals surface area contributed by atoms with Crippen molar-refractivity contribution in [3.8, 4) is 11.5 Å². The predicted molar refractivity (Wildman–Crippen MR) is 143 cm³/mol. The van der Waals surface area contributed by atoms with Gasteiger partial charge >= 0.3 is 11.9 Å². The minimum Gasteiger partial charge on any atom is -0.423 e. The van der Waals surface area contributed by atoms with Crippen molar-refractivity contribution in [3.05, 3.63) is 102 Å². The molecule has 0 saturated carbocycles. The normalized spacial score (nSPS) is 11.3. The number of hydrogen-bond acceptors (Lipinski definition) is 7. The molecule has 39 heavy (non-hydrogen) atoms. The van der Waals surface area contributed by atoms with Crippen molar-refractivity contribution >= 4 is 35.6 Å². The van der Waals surface area contributed by atoms with Gasteiger partial charge in [-0.3, -0.25) is 24.0 Å². The van der Waals surface area contributed by atoms with E-state index >= 15 is 0 Å². The Bertz CT molecular complexity index is 1370. The van der Waals surface area contributed by atoms with E-state index in [1.54, 1.807) is 30.3 Å². The van der Waals surface area contributed by atoms with Gasteiger partial charge in [-0.15, -0.1) is 0 Å². The lowest BCUT2D eigenvalue weighted by atomic mass is 10.0. The summed E-state index contributed by atoms with van der Waals surface area (Å²) in [6.07, 6.45) is 2.73. The number of carbonyl (C=O) groups is 5. The maximum Gasteiger partial charge on any atom is 0.308 e. The third kappa shape index (κ3) is 9.40. The Labute approximate surface area is 225 Å². The monoisotopic (exact) mass is 528 g/mol. The quantitative estimate of drug-likeness (QED) is 0.169. The molecule has 0 saturated heterocycles. The molecule has 200 valence electrons. The first-order chi connectivity index (χ1) is 18.7. The number of rotatable bonds is 11. The molecule has 0 bridgehead atoms. The Morgan fingerprint density at radius 3 is 1.97 bits per heavy atom. The van der Waals surface area contributed by atoms with Gasteiger partial charge in [0.05, 0.1) is 0 Å². The number of ether oxygens (including phenoxy) is 2. The summed E-state index contributed by atoms with van der Waals surface area (Å²) >= 11 is 0. The van der Waals surface area contributed by atoms with Crippen molar-refractivity contribution in [3.63, 3.8) is 0 Å². The molecule has 0 spiro atoms. The summed E-state index contributed by atoms with van der Waals surface area (Å²) in [6.45, 7) is 2.59. The van der Waals surface area contributed by atoms with E-state index in [1.165, 1.54) is 38.1 Å². The fourth-order valence-corrected chi connectivity index (χ4v) is 3.58. The lowest BCUT2D eigenvalue weighted by molar-refractivity contribution is -0.139. The second-order valence-electron chi connectivity index (χ2n) is 8.51. The number of esters is 2. The molecule has 2 amide bonds. The van der Waals surface area contributed by atoms with E-state index in [2.05, 4.69) is 10.6 Å². The molecule has 0 aliphatic carbocycles. The van der Waals surface area contributed by atoms with Crippen LogP contribution in [0.1, 0.15) is 30.5 Å². The highest BCUT2D eigenvalue weighted by Gasteiger charge is 2.26. The number of hydrogen-bond donors (Lipinski definition) is 2. The summed E-state index contributed by atoms with van der Waals surface area (Å²) in [7, 11) is 0. The minimum atomic E-state index is -1.11. The van der Waals surface area contributed by atoms with Gasteiger partial charge in [0, 0.05) is 32.9 Å². The molecule has 0 radical (unpaired) electrons. The van der Waals surface area contributed by atoms with Crippen molar-refractivity contribution in [2.45, 2.75) is 32.9 Å². The van der Waals surface area contributed by atoms with E-state index in [1.807, 2.05) is 36.4 Å². The van der Waals surface area contributed by atoms with Crippen molar-refractivity contribution in [2.75, 3.05) is 0 Å². The van der Waals surface area contributed by atoms with E-state index in [4.69, 9.17) is 9.47 Å². The number of benzene rings is 3. The van der Waals surface area contributed by atoms with Crippen molar-refractivity contribution in [1.82, 2.24) is 10.6 Å². The fourth-order valence-electron chi connectivity index (χ4n) is 3.58. The number of nitrogens with one attached hydrogen (secondary N) is 2. The Balaban J connectivity index is 1.73. The van der Waals surface area contributed by atoms with Gasteiger partial charge in [-0.1, -0.05) is 66.7 Å². The van der Waals surface area contributed by atoms with Gasteiger partial charge < -0.3 is 20.1 Å². The summed E-state index contributed by atoms with van der Waals surface area (Å²) in [5.74, 6) is -3.35. The molecule has 0 aliphatic rings. The van der Waals surface area contributed by atoms with E-state index in [9.17, 15) is 24.0 Å². The largest absolute Gasteiger partial charge is 0.423 e. The van der Waals surface area contributed by atoms with Crippen LogP contribution >= 0.6 is 0 Å². The molecule has 0 heterocycles. The molecule has 1 atom stereocenters. The number of Topliss-reactive ketones (excluding diaryl/α,β-unsaturated/α-hetero) is 1. The van der Waals surface area contributed by atoms with Crippen molar-refractivity contribution in [2.24, 2.45) is 0 Å². The Kier molecular flexibility index (Phi) is 10.3. The third-order valence-corrected chi connectivity index (χ3v) is 5.34. The lowest BCUT2D eigenvalue weighted by Gasteiger charge is -2.17. The van der Waals surface area contributed by atoms with Crippen LogP contribution < -0.4 is 20.1 Å². The van der Waals surface area contributed by atoms with Gasteiger partial charge in [-0.05, 0) is 34.9 Å². The van der Waals surface area contributed by atoms with Gasteiger partial charge in [0.1, 0.15) is 6.04 Å². The standard InChI is InChI=1S/C30H28N2O7/c1-20(33)38-26-15-13-23(18-27(26)39-21(2)34)14-16-28(35)32-25(17-22-9-5-3-6-10-22)29(36)30(37)31-19-24-11-7-4-8-12-24/h3-16,18,25H,17,19H2,1-2H3,(H,31,37)(H,32,35)/b16-14+. The summed E-state index contributed by atoms with van der Waals surface area (Å²) in [4.78, 5) is 61.2. The first-order valence-corrected chi connectivity index (χ1v) is 12.1. The first kappa shape index (κ1) is 28.5. The maximum absolute atomic E-state index is 13.0. The molecule has 3 rings (SSSR count). The topological polar surface area (TPSA) is 128 Å². The van der Waals surface area contributed by atoms with Crippen LogP contribution in [0.5, 0.6) is 11.5 Å². The highest BCUT2D eigenvalue weighted by Crippen LogP contribution is 2.29. The van der Waals surface area contributed by atoms with Crippen LogP contribution in [0.4, 0.5) is 0 Å². The lowest BCUT2D eigenvalue weighted by Crippen LogP contribution is -2.48. The average molecular weight is 529 g/mol. The van der Waals surface area contributed by atoms with Gasteiger partial charge in [-0.2, -0.15) is 0 Å². The Hall–Kier alpha value is -5.05. The van der Waals surface area contributed by atoms with E-state index < -0.39 is 35.6 Å². The molecule has 9 heteroatoms. The van der Waals surface area contributed by atoms with Crippen LogP contribution in [0.2, 0.25) is 0 Å². The van der Waals surface area contributed by atoms with E-state index in [0.717, 1.165) is 11.1 Å². The highest BCUT2D eigenvalue weighted by atomic mass is 16.6. The number of ketones is 1. The predicted octanol–water partition coefficient (Wildman–Crippen LogP) is 3.16. The molecule has 3 aromatic rings. The second kappa shape index (κ2) is 14.0. The van der Waals surface area contributed by atoms with Gasteiger partial charge in [0.15, 0.2) is 11.5 Å². The highest BCUT2D eigenvalue weighted by molar-refractivity contribution is 6.38. The van der Waals surface area contributed by atoms with Crippen LogP contribution in [0.3, 0.4) is 0 Å². The molecular formula is C30H28N2O7. The molecule has 3 aromatic carbocycles.